The van der Waals surface area contributed by atoms with Crippen molar-refractivity contribution < 1.29 is 5.11 Å². The van der Waals surface area contributed by atoms with Crippen molar-refractivity contribution in [2.75, 3.05) is 7.05 Å². The van der Waals surface area contributed by atoms with Crippen LogP contribution in [-0.4, -0.2) is 22.0 Å². The molecule has 0 radical (unpaired) electrons. The van der Waals surface area contributed by atoms with Gasteiger partial charge in [-0.1, -0.05) is 24.3 Å². The molecule has 1 aromatic carbocycles. The van der Waals surface area contributed by atoms with Crippen molar-refractivity contribution in [2.45, 2.75) is 13.1 Å². The molecule has 88 valence electrons. The predicted octanol–water partition coefficient (Wildman–Crippen LogP) is 2.42. The Labute approximate surface area is 101 Å². The van der Waals surface area contributed by atoms with Crippen LogP contribution in [0.5, 0.6) is 5.75 Å². The summed E-state index contributed by atoms with van der Waals surface area (Å²) in [4.78, 5) is 6.40. The van der Waals surface area contributed by atoms with Gasteiger partial charge in [0.15, 0.2) is 0 Å². The number of benzene rings is 1. The summed E-state index contributed by atoms with van der Waals surface area (Å²) in [7, 11) is 2.02. The van der Waals surface area contributed by atoms with Gasteiger partial charge in [-0.2, -0.15) is 0 Å². The summed E-state index contributed by atoms with van der Waals surface area (Å²) in [6.07, 6.45) is 1.79. The van der Waals surface area contributed by atoms with E-state index < -0.39 is 0 Å². The third-order valence-electron chi connectivity index (χ3n) is 2.59. The highest BCUT2D eigenvalue weighted by Gasteiger charge is 2.05. The minimum Gasteiger partial charge on any atom is -0.508 e. The second-order valence-electron chi connectivity index (χ2n) is 4.12. The van der Waals surface area contributed by atoms with E-state index in [1.54, 1.807) is 12.3 Å². The molecule has 0 atom stereocenters. The zero-order valence-corrected chi connectivity index (χ0v) is 9.87. The number of phenols is 1. The number of aromatic hydroxyl groups is 1. The average Bonchev–Trinajstić information content (AvgIpc) is 2.33. The van der Waals surface area contributed by atoms with E-state index in [9.17, 15) is 5.11 Å². The summed E-state index contributed by atoms with van der Waals surface area (Å²) in [5, 5.41) is 9.68. The van der Waals surface area contributed by atoms with E-state index in [4.69, 9.17) is 0 Å². The molecular formula is C14H16N2O. The number of nitrogens with zero attached hydrogens (tertiary/aromatic N) is 2. The first-order valence-electron chi connectivity index (χ1n) is 5.61. The van der Waals surface area contributed by atoms with Crippen molar-refractivity contribution in [3.63, 3.8) is 0 Å². The fourth-order valence-electron chi connectivity index (χ4n) is 1.76. The normalized spacial score (nSPS) is 10.7. The van der Waals surface area contributed by atoms with Crippen molar-refractivity contribution in [2.24, 2.45) is 0 Å². The Bertz CT molecular complexity index is 471. The second-order valence-corrected chi connectivity index (χ2v) is 4.12. The zero-order chi connectivity index (χ0) is 12.1. The molecule has 0 saturated heterocycles. The summed E-state index contributed by atoms with van der Waals surface area (Å²) < 4.78 is 0. The molecule has 0 aliphatic heterocycles. The van der Waals surface area contributed by atoms with Gasteiger partial charge in [-0.3, -0.25) is 9.88 Å². The lowest BCUT2D eigenvalue weighted by molar-refractivity contribution is 0.309. The highest BCUT2D eigenvalue weighted by atomic mass is 16.3. The Morgan fingerprint density at radius 2 is 1.82 bits per heavy atom. The molecule has 0 fully saturated rings. The van der Waals surface area contributed by atoms with Gasteiger partial charge in [-0.25, -0.2) is 0 Å². The Morgan fingerprint density at radius 1 is 1.06 bits per heavy atom. The van der Waals surface area contributed by atoms with Crippen LogP contribution in [0.1, 0.15) is 11.3 Å². The van der Waals surface area contributed by atoms with Crippen LogP contribution in [0, 0.1) is 0 Å². The summed E-state index contributed by atoms with van der Waals surface area (Å²) in [5.41, 5.74) is 1.97. The molecule has 0 aliphatic rings. The smallest absolute Gasteiger partial charge is 0.120 e. The molecule has 0 saturated carbocycles. The third-order valence-corrected chi connectivity index (χ3v) is 2.59. The third kappa shape index (κ3) is 3.29. The number of pyridine rings is 1. The lowest BCUT2D eigenvalue weighted by Gasteiger charge is -2.16. The Kier molecular flexibility index (Phi) is 3.73. The highest BCUT2D eigenvalue weighted by molar-refractivity contribution is 5.31. The maximum absolute atomic E-state index is 9.68. The summed E-state index contributed by atoms with van der Waals surface area (Å²) in [6.45, 7) is 1.48. The van der Waals surface area contributed by atoms with Gasteiger partial charge in [0.25, 0.3) is 0 Å². The first-order chi connectivity index (χ1) is 8.25. The van der Waals surface area contributed by atoms with Gasteiger partial charge >= 0.3 is 0 Å². The van der Waals surface area contributed by atoms with E-state index in [0.717, 1.165) is 17.8 Å². The number of phenolic OH excluding ortho intramolecular Hbond substituents is 1. The summed E-state index contributed by atoms with van der Waals surface area (Å²) in [5.74, 6) is 0.348. The summed E-state index contributed by atoms with van der Waals surface area (Å²) >= 11 is 0. The van der Waals surface area contributed by atoms with Crippen LogP contribution in [-0.2, 0) is 13.1 Å². The van der Waals surface area contributed by atoms with Crippen LogP contribution in [0.3, 0.4) is 0 Å². The molecule has 17 heavy (non-hydrogen) atoms. The SMILES string of the molecule is CN(Cc1ccccn1)Cc1ccccc1O. The van der Waals surface area contributed by atoms with Gasteiger partial charge in [0, 0.05) is 24.8 Å². The monoisotopic (exact) mass is 228 g/mol. The standard InChI is InChI=1S/C14H16N2O/c1-16(11-13-7-4-5-9-15-13)10-12-6-2-3-8-14(12)17/h2-9,17H,10-11H2,1H3. The Balaban J connectivity index is 1.98. The van der Waals surface area contributed by atoms with Gasteiger partial charge in [-0.15, -0.1) is 0 Å². The van der Waals surface area contributed by atoms with Crippen LogP contribution in [0.25, 0.3) is 0 Å². The molecule has 3 nitrogen and oxygen atoms in total. The van der Waals surface area contributed by atoms with Gasteiger partial charge in [0.1, 0.15) is 5.75 Å². The molecule has 0 aliphatic carbocycles. The topological polar surface area (TPSA) is 36.4 Å². The molecule has 0 unspecified atom stereocenters. The van der Waals surface area contributed by atoms with Gasteiger partial charge in [-0.05, 0) is 25.2 Å². The minimum absolute atomic E-state index is 0.348. The highest BCUT2D eigenvalue weighted by Crippen LogP contribution is 2.17. The first kappa shape index (κ1) is 11.6. The van der Waals surface area contributed by atoms with E-state index in [2.05, 4.69) is 9.88 Å². The van der Waals surface area contributed by atoms with E-state index in [1.807, 2.05) is 43.4 Å². The average molecular weight is 228 g/mol. The largest absolute Gasteiger partial charge is 0.508 e. The van der Waals surface area contributed by atoms with Crippen LogP contribution in [0.4, 0.5) is 0 Å². The molecule has 2 aromatic rings. The van der Waals surface area contributed by atoms with Crippen LogP contribution in [0.15, 0.2) is 48.7 Å². The molecule has 1 N–H and O–H groups in total. The maximum Gasteiger partial charge on any atom is 0.120 e. The fourth-order valence-corrected chi connectivity index (χ4v) is 1.76. The fraction of sp³-hybridized carbons (Fsp3) is 0.214. The van der Waals surface area contributed by atoms with Crippen molar-refractivity contribution >= 4 is 0 Å². The van der Waals surface area contributed by atoms with Gasteiger partial charge in [0.2, 0.25) is 0 Å². The summed E-state index contributed by atoms with van der Waals surface area (Å²) in [6, 6.07) is 13.3. The molecular weight excluding hydrogens is 212 g/mol. The molecule has 0 spiro atoms. The van der Waals surface area contributed by atoms with Crippen molar-refractivity contribution in [3.8, 4) is 5.75 Å². The van der Waals surface area contributed by atoms with E-state index in [1.165, 1.54) is 0 Å². The number of hydrogen-bond acceptors (Lipinski definition) is 3. The van der Waals surface area contributed by atoms with Crippen molar-refractivity contribution in [1.29, 1.82) is 0 Å². The quantitative estimate of drug-likeness (QED) is 0.873. The first-order valence-corrected chi connectivity index (χ1v) is 5.61. The van der Waals surface area contributed by atoms with Crippen LogP contribution >= 0.6 is 0 Å². The number of hydrogen-bond donors (Lipinski definition) is 1. The van der Waals surface area contributed by atoms with Crippen molar-refractivity contribution in [3.05, 3.63) is 59.9 Å². The molecule has 1 aromatic heterocycles. The number of para-hydroxylation sites is 1. The molecule has 1 heterocycles. The molecule has 0 bridgehead atoms. The van der Waals surface area contributed by atoms with E-state index >= 15 is 0 Å². The molecule has 0 amide bonds. The van der Waals surface area contributed by atoms with Crippen LogP contribution in [0.2, 0.25) is 0 Å². The van der Waals surface area contributed by atoms with Gasteiger partial charge < -0.3 is 5.11 Å². The predicted molar refractivity (Wildman–Crippen MR) is 67.5 cm³/mol. The molecule has 2 rings (SSSR count). The second kappa shape index (κ2) is 5.46. The van der Waals surface area contributed by atoms with E-state index in [0.29, 0.717) is 12.3 Å². The zero-order valence-electron chi connectivity index (χ0n) is 9.87. The van der Waals surface area contributed by atoms with Crippen molar-refractivity contribution in [1.82, 2.24) is 9.88 Å². The van der Waals surface area contributed by atoms with E-state index in [-0.39, 0.29) is 0 Å². The Hall–Kier alpha value is -1.87. The molecule has 3 heteroatoms. The lowest BCUT2D eigenvalue weighted by atomic mass is 10.2. The van der Waals surface area contributed by atoms with Crippen LogP contribution < -0.4 is 0 Å². The number of rotatable bonds is 4. The van der Waals surface area contributed by atoms with Gasteiger partial charge in [0.05, 0.1) is 5.69 Å². The lowest BCUT2D eigenvalue weighted by Crippen LogP contribution is -2.17. The number of aromatic nitrogens is 1. The Morgan fingerprint density at radius 3 is 2.53 bits per heavy atom. The minimum atomic E-state index is 0.348. The maximum atomic E-state index is 9.68.